The highest BCUT2D eigenvalue weighted by Gasteiger charge is 2.41. The van der Waals surface area contributed by atoms with Crippen molar-refractivity contribution < 1.29 is 24.9 Å². The second-order valence-electron chi connectivity index (χ2n) is 4.95. The fourth-order valence-corrected chi connectivity index (χ4v) is 2.71. The van der Waals surface area contributed by atoms with Crippen LogP contribution in [0.3, 0.4) is 0 Å². The summed E-state index contributed by atoms with van der Waals surface area (Å²) in [4.78, 5) is 27.1. The standard InChI is InChI=1S/C15H15NO5/c1-7-11(14(18)19)13(9-4-3-5-10(17)6-9)12(15(20)21)8(2)16-7/h3-6,11,13,17H,1-2H3,(H,18,19)(H,20,21). The van der Waals surface area contributed by atoms with Gasteiger partial charge in [0.05, 0.1) is 5.57 Å². The van der Waals surface area contributed by atoms with Gasteiger partial charge in [0.2, 0.25) is 0 Å². The number of hydrogen-bond donors (Lipinski definition) is 3. The largest absolute Gasteiger partial charge is 0.508 e. The van der Waals surface area contributed by atoms with Crippen molar-refractivity contribution in [2.24, 2.45) is 10.9 Å². The van der Waals surface area contributed by atoms with Crippen molar-refractivity contribution in [3.8, 4) is 5.75 Å². The lowest BCUT2D eigenvalue weighted by Crippen LogP contribution is -2.34. The maximum absolute atomic E-state index is 11.5. The number of aliphatic imine (C=N–C) groups is 1. The minimum atomic E-state index is -1.21. The van der Waals surface area contributed by atoms with Gasteiger partial charge < -0.3 is 15.3 Å². The molecule has 110 valence electrons. The molecule has 2 atom stereocenters. The summed E-state index contributed by atoms with van der Waals surface area (Å²) < 4.78 is 0. The Morgan fingerprint density at radius 2 is 1.86 bits per heavy atom. The van der Waals surface area contributed by atoms with E-state index in [1.807, 2.05) is 0 Å². The number of nitrogens with zero attached hydrogens (tertiary/aromatic N) is 1. The summed E-state index contributed by atoms with van der Waals surface area (Å²) in [5, 5.41) is 28.4. The van der Waals surface area contributed by atoms with Gasteiger partial charge in [-0.3, -0.25) is 9.79 Å². The van der Waals surface area contributed by atoms with Crippen LogP contribution in [0, 0.1) is 5.92 Å². The van der Waals surface area contributed by atoms with E-state index >= 15 is 0 Å². The zero-order valence-electron chi connectivity index (χ0n) is 11.6. The Morgan fingerprint density at radius 1 is 1.19 bits per heavy atom. The van der Waals surface area contributed by atoms with Crippen LogP contribution in [0.4, 0.5) is 0 Å². The Balaban J connectivity index is 2.68. The number of phenols is 1. The van der Waals surface area contributed by atoms with Crippen LogP contribution in [0.25, 0.3) is 0 Å². The summed E-state index contributed by atoms with van der Waals surface area (Å²) in [7, 11) is 0. The molecule has 0 spiro atoms. The molecule has 0 saturated heterocycles. The van der Waals surface area contributed by atoms with Crippen molar-refractivity contribution in [2.75, 3.05) is 0 Å². The molecule has 1 aromatic rings. The highest BCUT2D eigenvalue weighted by molar-refractivity contribution is 6.06. The number of aromatic hydroxyl groups is 1. The van der Waals surface area contributed by atoms with Crippen molar-refractivity contribution in [3.63, 3.8) is 0 Å². The number of carbonyl (C=O) groups is 2. The molecule has 6 heteroatoms. The number of allylic oxidation sites excluding steroid dienone is 1. The Morgan fingerprint density at radius 3 is 2.38 bits per heavy atom. The van der Waals surface area contributed by atoms with Crippen LogP contribution in [-0.4, -0.2) is 33.0 Å². The molecule has 1 heterocycles. The first-order valence-electron chi connectivity index (χ1n) is 6.34. The number of benzene rings is 1. The van der Waals surface area contributed by atoms with Crippen molar-refractivity contribution in [1.29, 1.82) is 0 Å². The molecule has 0 aromatic heterocycles. The predicted molar refractivity (Wildman–Crippen MR) is 75.4 cm³/mol. The van der Waals surface area contributed by atoms with Crippen LogP contribution in [0.15, 0.2) is 40.5 Å². The second kappa shape index (κ2) is 5.40. The van der Waals surface area contributed by atoms with Gasteiger partial charge in [-0.25, -0.2) is 4.79 Å². The van der Waals surface area contributed by atoms with Crippen LogP contribution in [0.1, 0.15) is 25.3 Å². The number of aliphatic carboxylic acids is 2. The van der Waals surface area contributed by atoms with Crippen molar-refractivity contribution in [1.82, 2.24) is 0 Å². The first kappa shape index (κ1) is 14.8. The Labute approximate surface area is 121 Å². The molecule has 2 unspecified atom stereocenters. The van der Waals surface area contributed by atoms with E-state index in [2.05, 4.69) is 4.99 Å². The molecule has 2 rings (SSSR count). The van der Waals surface area contributed by atoms with Crippen LogP contribution < -0.4 is 0 Å². The molecule has 0 fully saturated rings. The summed E-state index contributed by atoms with van der Waals surface area (Å²) in [5.41, 5.74) is 1.01. The second-order valence-corrected chi connectivity index (χ2v) is 4.95. The summed E-state index contributed by atoms with van der Waals surface area (Å²) in [6, 6.07) is 5.99. The molecule has 1 aliphatic heterocycles. The molecule has 0 radical (unpaired) electrons. The molecule has 1 aliphatic rings. The number of carboxylic acid groups (broad SMARTS) is 2. The molecule has 0 aliphatic carbocycles. The average molecular weight is 289 g/mol. The normalized spacial score (nSPS) is 21.9. The molecule has 0 amide bonds. The lowest BCUT2D eigenvalue weighted by molar-refractivity contribution is -0.140. The number of hydrogen-bond acceptors (Lipinski definition) is 4. The molecule has 0 bridgehead atoms. The Kier molecular flexibility index (Phi) is 3.80. The predicted octanol–water partition coefficient (Wildman–Crippen LogP) is 2.01. The highest BCUT2D eigenvalue weighted by atomic mass is 16.4. The minimum absolute atomic E-state index is 0.0424. The van der Waals surface area contributed by atoms with Crippen molar-refractivity contribution >= 4 is 17.7 Å². The molecular weight excluding hydrogens is 274 g/mol. The van der Waals surface area contributed by atoms with Gasteiger partial charge in [0.15, 0.2) is 0 Å². The van der Waals surface area contributed by atoms with Gasteiger partial charge in [-0.05, 0) is 31.5 Å². The Hall–Kier alpha value is -2.63. The maximum Gasteiger partial charge on any atom is 0.334 e. The third-order valence-electron chi connectivity index (χ3n) is 3.55. The number of phenolic OH excluding ortho intramolecular Hbond substituents is 1. The van der Waals surface area contributed by atoms with Gasteiger partial charge in [-0.15, -0.1) is 0 Å². The van der Waals surface area contributed by atoms with Gasteiger partial charge in [0, 0.05) is 17.3 Å². The van der Waals surface area contributed by atoms with E-state index in [4.69, 9.17) is 0 Å². The van der Waals surface area contributed by atoms with Gasteiger partial charge in [-0.1, -0.05) is 12.1 Å². The number of rotatable bonds is 3. The van der Waals surface area contributed by atoms with Gasteiger partial charge in [0.25, 0.3) is 0 Å². The van der Waals surface area contributed by atoms with Crippen LogP contribution >= 0.6 is 0 Å². The van der Waals surface area contributed by atoms with Crippen LogP contribution in [0.5, 0.6) is 5.75 Å². The summed E-state index contributed by atoms with van der Waals surface area (Å²) >= 11 is 0. The third-order valence-corrected chi connectivity index (χ3v) is 3.55. The van der Waals surface area contributed by atoms with E-state index in [9.17, 15) is 24.9 Å². The summed E-state index contributed by atoms with van der Waals surface area (Å²) in [5.74, 6) is -4.34. The fourth-order valence-electron chi connectivity index (χ4n) is 2.71. The van der Waals surface area contributed by atoms with Crippen LogP contribution in [-0.2, 0) is 9.59 Å². The number of carboxylic acids is 2. The van der Waals surface area contributed by atoms with E-state index in [0.29, 0.717) is 11.3 Å². The highest BCUT2D eigenvalue weighted by Crippen LogP contribution is 2.39. The third kappa shape index (κ3) is 2.65. The zero-order valence-corrected chi connectivity index (χ0v) is 11.6. The molecule has 21 heavy (non-hydrogen) atoms. The topological polar surface area (TPSA) is 107 Å². The van der Waals surface area contributed by atoms with E-state index < -0.39 is 23.8 Å². The van der Waals surface area contributed by atoms with Gasteiger partial charge in [-0.2, -0.15) is 0 Å². The molecule has 6 nitrogen and oxygen atoms in total. The average Bonchev–Trinajstić information content (AvgIpc) is 2.36. The molecule has 1 aromatic carbocycles. The Bertz CT molecular complexity index is 674. The van der Waals surface area contributed by atoms with E-state index in [-0.39, 0.29) is 17.0 Å². The SMILES string of the molecule is CC1=NC(C)=C(C(=O)O)C(c2cccc(O)c2)C1C(=O)O. The smallest absolute Gasteiger partial charge is 0.334 e. The van der Waals surface area contributed by atoms with E-state index in [1.165, 1.54) is 12.1 Å². The molecule has 0 saturated carbocycles. The van der Waals surface area contributed by atoms with Gasteiger partial charge >= 0.3 is 11.9 Å². The summed E-state index contributed by atoms with van der Waals surface area (Å²) in [6.45, 7) is 3.11. The quantitative estimate of drug-likeness (QED) is 0.789. The van der Waals surface area contributed by atoms with Crippen LogP contribution in [0.2, 0.25) is 0 Å². The zero-order chi connectivity index (χ0) is 15.7. The monoisotopic (exact) mass is 289 g/mol. The minimum Gasteiger partial charge on any atom is -0.508 e. The van der Waals surface area contributed by atoms with E-state index in [0.717, 1.165) is 0 Å². The maximum atomic E-state index is 11.5. The lowest BCUT2D eigenvalue weighted by atomic mass is 9.75. The first-order chi connectivity index (χ1) is 9.82. The molecular formula is C15H15NO5. The first-order valence-corrected chi connectivity index (χ1v) is 6.34. The summed E-state index contributed by atoms with van der Waals surface area (Å²) in [6.07, 6.45) is 0. The van der Waals surface area contributed by atoms with Gasteiger partial charge in [0.1, 0.15) is 11.7 Å². The molecule has 3 N–H and O–H groups in total. The lowest BCUT2D eigenvalue weighted by Gasteiger charge is -2.29. The fraction of sp³-hybridized carbons (Fsp3) is 0.267. The van der Waals surface area contributed by atoms with Crippen molar-refractivity contribution in [3.05, 3.63) is 41.1 Å². The van der Waals surface area contributed by atoms with E-state index in [1.54, 1.807) is 26.0 Å². The van der Waals surface area contributed by atoms with Crippen molar-refractivity contribution in [2.45, 2.75) is 19.8 Å².